The molecule has 4 aliphatic rings. The van der Waals surface area contributed by atoms with Gasteiger partial charge in [0, 0.05) is 5.92 Å². The maximum atomic E-state index is 4.26. The Balaban J connectivity index is 0.000000351. The van der Waals surface area contributed by atoms with Gasteiger partial charge in [-0.25, -0.2) is 0 Å². The summed E-state index contributed by atoms with van der Waals surface area (Å²) in [6, 6.07) is 18.9. The molecule has 256 valence electrons. The van der Waals surface area contributed by atoms with Crippen molar-refractivity contribution in [2.45, 2.75) is 139 Å². The van der Waals surface area contributed by atoms with E-state index in [1.807, 2.05) is 0 Å². The molecule has 0 radical (unpaired) electrons. The Kier molecular flexibility index (Phi) is 11.8. The third kappa shape index (κ3) is 9.11. The monoisotopic (exact) mass is 641 g/mol. The van der Waals surface area contributed by atoms with E-state index in [9.17, 15) is 0 Å². The maximum absolute atomic E-state index is 4.26. The van der Waals surface area contributed by atoms with E-state index in [0.29, 0.717) is 11.3 Å². The lowest BCUT2D eigenvalue weighted by atomic mass is 9.81. The van der Waals surface area contributed by atoms with Gasteiger partial charge in [0.25, 0.3) is 0 Å². The first-order chi connectivity index (χ1) is 22.8. The van der Waals surface area contributed by atoms with E-state index in [4.69, 9.17) is 0 Å². The summed E-state index contributed by atoms with van der Waals surface area (Å²) in [5, 5.41) is 0. The number of hydrogen-bond donors (Lipinski definition) is 0. The molecule has 4 aliphatic carbocycles. The zero-order chi connectivity index (χ0) is 34.6. The maximum Gasteiger partial charge on any atom is 0.000174 e. The Morgan fingerprint density at radius 2 is 1.40 bits per heavy atom. The predicted octanol–water partition coefficient (Wildman–Crippen LogP) is 14.5. The molecule has 1 atom stereocenters. The van der Waals surface area contributed by atoms with E-state index in [2.05, 4.69) is 130 Å². The molecule has 0 heteroatoms. The van der Waals surface area contributed by atoms with E-state index in [1.54, 1.807) is 5.57 Å². The van der Waals surface area contributed by atoms with E-state index in [1.165, 1.54) is 125 Å². The smallest absolute Gasteiger partial charge is 0.000174 e. The zero-order valence-electron chi connectivity index (χ0n) is 32.0. The van der Waals surface area contributed by atoms with Crippen LogP contribution in [0.2, 0.25) is 0 Å². The molecular formula is C48H64. The predicted molar refractivity (Wildman–Crippen MR) is 214 cm³/mol. The third-order valence-corrected chi connectivity index (χ3v) is 10.7. The minimum absolute atomic E-state index is 0.500. The molecular weight excluding hydrogens is 577 g/mol. The van der Waals surface area contributed by atoms with Crippen LogP contribution in [0.15, 0.2) is 66.8 Å². The second-order valence-electron chi connectivity index (χ2n) is 17.4. The van der Waals surface area contributed by atoms with Crippen molar-refractivity contribution in [1.82, 2.24) is 0 Å². The highest BCUT2D eigenvalue weighted by atomic mass is 14.3. The van der Waals surface area contributed by atoms with Crippen molar-refractivity contribution in [2.75, 3.05) is 0 Å². The summed E-state index contributed by atoms with van der Waals surface area (Å²) in [6.45, 7) is 24.3. The average Bonchev–Trinajstić information content (AvgIpc) is 3.76. The molecule has 7 rings (SSSR count). The number of hydrogen-bond acceptors (Lipinski definition) is 0. The van der Waals surface area contributed by atoms with Crippen molar-refractivity contribution in [3.05, 3.63) is 111 Å². The van der Waals surface area contributed by atoms with Crippen LogP contribution in [0.25, 0.3) is 28.3 Å². The van der Waals surface area contributed by atoms with Crippen LogP contribution >= 0.6 is 0 Å². The van der Waals surface area contributed by atoms with E-state index in [-0.39, 0.29) is 0 Å². The van der Waals surface area contributed by atoms with Crippen LogP contribution < -0.4 is 0 Å². The van der Waals surface area contributed by atoms with Gasteiger partial charge in [0.2, 0.25) is 0 Å². The minimum atomic E-state index is 0.500. The van der Waals surface area contributed by atoms with Gasteiger partial charge in [-0.2, -0.15) is 0 Å². The fraction of sp³-hybridized carbons (Fsp3) is 0.500. The minimum Gasteiger partial charge on any atom is -0.0998 e. The number of rotatable bonds is 5. The Labute approximate surface area is 294 Å². The molecule has 0 nitrogen and oxygen atoms in total. The Bertz CT molecular complexity index is 1630. The van der Waals surface area contributed by atoms with Gasteiger partial charge in [0.1, 0.15) is 0 Å². The first-order valence-corrected chi connectivity index (χ1v) is 19.2. The van der Waals surface area contributed by atoms with Crippen molar-refractivity contribution in [1.29, 1.82) is 0 Å². The summed E-state index contributed by atoms with van der Waals surface area (Å²) in [4.78, 5) is 0. The van der Waals surface area contributed by atoms with E-state index < -0.39 is 0 Å². The van der Waals surface area contributed by atoms with Gasteiger partial charge in [0.15, 0.2) is 0 Å². The fourth-order valence-electron chi connectivity index (χ4n) is 8.21. The van der Waals surface area contributed by atoms with Crippen molar-refractivity contribution < 1.29 is 0 Å². The summed E-state index contributed by atoms with van der Waals surface area (Å²) in [5.74, 6) is 2.34. The van der Waals surface area contributed by atoms with Gasteiger partial charge in [0.05, 0.1) is 0 Å². The van der Waals surface area contributed by atoms with Gasteiger partial charge in [-0.15, -0.1) is 0 Å². The first-order valence-electron chi connectivity index (χ1n) is 19.2. The quantitative estimate of drug-likeness (QED) is 0.243. The second-order valence-corrected chi connectivity index (χ2v) is 17.4. The third-order valence-electron chi connectivity index (χ3n) is 10.7. The number of fused-ring (bicyclic) bond motifs is 2. The van der Waals surface area contributed by atoms with Crippen LogP contribution in [-0.4, -0.2) is 0 Å². The Morgan fingerprint density at radius 1 is 0.792 bits per heavy atom. The Hall–Kier alpha value is -3.12. The second kappa shape index (κ2) is 15.6. The molecule has 0 heterocycles. The molecule has 0 spiro atoms. The van der Waals surface area contributed by atoms with Crippen molar-refractivity contribution in [3.8, 4) is 11.1 Å². The zero-order valence-corrected chi connectivity index (χ0v) is 32.0. The van der Waals surface area contributed by atoms with Crippen molar-refractivity contribution >= 4 is 17.2 Å². The highest BCUT2D eigenvalue weighted by molar-refractivity contribution is 5.94. The lowest BCUT2D eigenvalue weighted by Gasteiger charge is -2.24. The Morgan fingerprint density at radius 3 is 1.98 bits per heavy atom. The molecule has 1 unspecified atom stereocenters. The van der Waals surface area contributed by atoms with Crippen LogP contribution in [0.5, 0.6) is 0 Å². The van der Waals surface area contributed by atoms with Crippen LogP contribution in [0.4, 0.5) is 0 Å². The molecule has 0 amide bonds. The molecule has 3 aromatic rings. The molecule has 3 aromatic carbocycles. The van der Waals surface area contributed by atoms with Gasteiger partial charge >= 0.3 is 0 Å². The van der Waals surface area contributed by atoms with Gasteiger partial charge in [-0.3, -0.25) is 0 Å². The number of benzene rings is 3. The summed E-state index contributed by atoms with van der Waals surface area (Å²) < 4.78 is 0. The van der Waals surface area contributed by atoms with Crippen molar-refractivity contribution in [2.24, 2.45) is 17.3 Å². The first kappa shape index (κ1) is 36.2. The molecule has 2 fully saturated rings. The lowest BCUT2D eigenvalue weighted by Crippen LogP contribution is -2.08. The number of allylic oxidation sites excluding steroid dienone is 4. The lowest BCUT2D eigenvalue weighted by molar-refractivity contribution is 0.429. The average molecular weight is 641 g/mol. The summed E-state index contributed by atoms with van der Waals surface area (Å²) in [6.07, 6.45) is 19.8. The molecule has 2 saturated carbocycles. The molecule has 0 saturated heterocycles. The molecule has 0 aliphatic heterocycles. The van der Waals surface area contributed by atoms with Crippen LogP contribution in [0, 0.1) is 31.1 Å². The normalized spacial score (nSPS) is 19.0. The van der Waals surface area contributed by atoms with Crippen LogP contribution in [0.1, 0.15) is 157 Å². The van der Waals surface area contributed by atoms with E-state index in [0.717, 1.165) is 24.7 Å². The highest BCUT2D eigenvalue weighted by Gasteiger charge is 2.29. The molecule has 48 heavy (non-hydrogen) atoms. The van der Waals surface area contributed by atoms with Crippen LogP contribution in [-0.2, 0) is 12.8 Å². The standard InChI is InChI=1S/C37H40.C6H12.C5H12/c1-23(2)17-33-25(4)18-31-20-30(22-35(31)37(33)28-13-11-24(3)12-14-28)29-15-16-32-26(5)19-34(36(32)21-29)27-9-7-6-8-10-27;1-6-4-2-3-5-6;1-5(2,3)4/h11-16,18-21,26-27H,1,6-10,17,22H2,2-5H3;6H,2-5H2,1H3;1-4H3. The topological polar surface area (TPSA) is 0 Å². The fourth-order valence-corrected chi connectivity index (χ4v) is 8.21. The highest BCUT2D eigenvalue weighted by Crippen LogP contribution is 2.47. The van der Waals surface area contributed by atoms with Gasteiger partial charge < -0.3 is 0 Å². The SMILES string of the molecule is C=C(C)Cc1c(C)cc2c(c1-c1ccc(C)cc1)CC(c1ccc3c(c1)C(C1CCCCC1)=CC3C)=C2.CC(C)(C)C.CC1CCCC1. The van der Waals surface area contributed by atoms with E-state index >= 15 is 0 Å². The van der Waals surface area contributed by atoms with Gasteiger partial charge in [-0.1, -0.05) is 159 Å². The summed E-state index contributed by atoms with van der Waals surface area (Å²) >= 11 is 0. The molecule has 0 N–H and O–H groups in total. The largest absolute Gasteiger partial charge is 0.0998 e. The van der Waals surface area contributed by atoms with Gasteiger partial charge in [-0.05, 0) is 131 Å². The number of aryl methyl sites for hydroxylation is 2. The summed E-state index contributed by atoms with van der Waals surface area (Å²) in [5.41, 5.74) is 19.1. The summed E-state index contributed by atoms with van der Waals surface area (Å²) in [7, 11) is 0. The van der Waals surface area contributed by atoms with Crippen molar-refractivity contribution in [3.63, 3.8) is 0 Å². The van der Waals surface area contributed by atoms with Crippen LogP contribution in [0.3, 0.4) is 0 Å². The molecule has 0 bridgehead atoms. The molecule has 0 aromatic heterocycles.